The van der Waals surface area contributed by atoms with Gasteiger partial charge in [-0.1, -0.05) is 66.1 Å². The fourth-order valence-corrected chi connectivity index (χ4v) is 5.03. The van der Waals surface area contributed by atoms with Gasteiger partial charge in [0.2, 0.25) is 0 Å². The third kappa shape index (κ3) is 2.78. The zero-order valence-corrected chi connectivity index (χ0v) is 12.6. The van der Waals surface area contributed by atoms with Gasteiger partial charge in [0, 0.05) is 0 Å². The summed E-state index contributed by atoms with van der Waals surface area (Å²) >= 11 is 0. The van der Waals surface area contributed by atoms with Crippen LogP contribution in [0.5, 0.6) is 0 Å². The average molecular weight is 242 g/mol. The Bertz CT molecular complexity index is 440. The minimum atomic E-state index is -0.201. The first-order valence-corrected chi connectivity index (χ1v) is 8.17. The van der Waals surface area contributed by atoms with Gasteiger partial charge in [-0.15, -0.1) is 0 Å². The Labute approximate surface area is 107 Å². The maximum atomic E-state index is 2.51. The van der Waals surface area contributed by atoms with Crippen molar-refractivity contribution in [3.63, 3.8) is 0 Å². The molecule has 0 aromatic heterocycles. The summed E-state index contributed by atoms with van der Waals surface area (Å²) in [5, 5.41) is 1.59. The summed E-state index contributed by atoms with van der Waals surface area (Å²) in [7, 11) is -0.201. The first-order valence-electron chi connectivity index (χ1n) is 6.64. The van der Waals surface area contributed by atoms with Crippen molar-refractivity contribution in [1.29, 1.82) is 0 Å². The molecule has 90 valence electrons. The molecule has 17 heavy (non-hydrogen) atoms. The van der Waals surface area contributed by atoms with E-state index in [0.29, 0.717) is 0 Å². The van der Waals surface area contributed by atoms with Gasteiger partial charge in [-0.2, -0.15) is 0 Å². The van der Waals surface area contributed by atoms with E-state index in [1.165, 1.54) is 18.4 Å². The average Bonchev–Trinajstić information content (AvgIpc) is 2.59. The summed E-state index contributed by atoms with van der Waals surface area (Å²) in [5.41, 5.74) is 5.58. The zero-order valence-electron chi connectivity index (χ0n) is 11.2. The summed E-state index contributed by atoms with van der Waals surface area (Å²) in [6.07, 6.45) is 5.07. The van der Waals surface area contributed by atoms with Gasteiger partial charge in [0.15, 0.2) is 0 Å². The van der Waals surface area contributed by atoms with Crippen molar-refractivity contribution in [2.45, 2.75) is 39.2 Å². The number of rotatable bonds is 4. The van der Waals surface area contributed by atoms with Crippen LogP contribution in [-0.2, 0) is 0 Å². The van der Waals surface area contributed by atoms with Crippen molar-refractivity contribution >= 4 is 14.7 Å². The van der Waals surface area contributed by atoms with Gasteiger partial charge in [0.25, 0.3) is 0 Å². The molecule has 1 aromatic carbocycles. The molecule has 0 fully saturated rings. The third-order valence-electron chi connectivity index (χ3n) is 3.79. The van der Waals surface area contributed by atoms with Crippen LogP contribution < -0.4 is 5.19 Å². The number of hydrogen-bond acceptors (Lipinski definition) is 0. The van der Waals surface area contributed by atoms with Gasteiger partial charge in [0.05, 0.1) is 9.52 Å². The maximum absolute atomic E-state index is 2.51. The van der Waals surface area contributed by atoms with Crippen molar-refractivity contribution in [2.75, 3.05) is 0 Å². The molecule has 0 saturated carbocycles. The molecule has 0 saturated heterocycles. The molecule has 1 aromatic rings. The Morgan fingerprint density at radius 1 is 1.12 bits per heavy atom. The number of allylic oxidation sites excluding steroid dienone is 4. The summed E-state index contributed by atoms with van der Waals surface area (Å²) in [6.45, 7) is 6.86. The van der Waals surface area contributed by atoms with E-state index in [1.54, 1.807) is 16.3 Å². The SMILES string of the molecule is CCCC1=C(C)C(C)=CC1[SiH2]c1ccccc1. The van der Waals surface area contributed by atoms with Crippen molar-refractivity contribution in [2.24, 2.45) is 0 Å². The van der Waals surface area contributed by atoms with Crippen molar-refractivity contribution < 1.29 is 0 Å². The van der Waals surface area contributed by atoms with Crippen LogP contribution in [0.4, 0.5) is 0 Å². The normalized spacial score (nSPS) is 20.4. The van der Waals surface area contributed by atoms with Crippen LogP contribution in [0.2, 0.25) is 5.54 Å². The van der Waals surface area contributed by atoms with E-state index in [2.05, 4.69) is 57.2 Å². The highest BCUT2D eigenvalue weighted by Gasteiger charge is 2.21. The number of benzene rings is 1. The Kier molecular flexibility index (Phi) is 4.00. The number of hydrogen-bond donors (Lipinski definition) is 0. The summed E-state index contributed by atoms with van der Waals surface area (Å²) in [5.74, 6) is 0. The third-order valence-corrected chi connectivity index (χ3v) is 5.90. The van der Waals surface area contributed by atoms with Crippen LogP contribution in [0.1, 0.15) is 33.6 Å². The van der Waals surface area contributed by atoms with E-state index >= 15 is 0 Å². The van der Waals surface area contributed by atoms with E-state index < -0.39 is 0 Å². The van der Waals surface area contributed by atoms with E-state index in [0.717, 1.165) is 5.54 Å². The fourth-order valence-electron chi connectivity index (χ4n) is 2.75. The topological polar surface area (TPSA) is 0 Å². The molecule has 0 aliphatic heterocycles. The minimum Gasteiger partial charge on any atom is -0.0771 e. The molecule has 1 heteroatoms. The van der Waals surface area contributed by atoms with Crippen LogP contribution in [0, 0.1) is 0 Å². The molecule has 1 unspecified atom stereocenters. The van der Waals surface area contributed by atoms with E-state index in [1.807, 2.05) is 0 Å². The molecular formula is C16H22Si. The minimum absolute atomic E-state index is 0.201. The molecule has 0 spiro atoms. The van der Waals surface area contributed by atoms with Crippen LogP contribution in [-0.4, -0.2) is 9.52 Å². The van der Waals surface area contributed by atoms with E-state index in [9.17, 15) is 0 Å². The van der Waals surface area contributed by atoms with Crippen LogP contribution in [0.3, 0.4) is 0 Å². The monoisotopic (exact) mass is 242 g/mol. The van der Waals surface area contributed by atoms with Gasteiger partial charge in [-0.25, -0.2) is 0 Å². The molecule has 1 aliphatic rings. The van der Waals surface area contributed by atoms with Gasteiger partial charge in [-0.05, 0) is 31.4 Å². The molecule has 2 rings (SSSR count). The highest BCUT2D eigenvalue weighted by atomic mass is 28.2. The zero-order chi connectivity index (χ0) is 12.3. The summed E-state index contributed by atoms with van der Waals surface area (Å²) in [6, 6.07) is 11.1. The first-order chi connectivity index (χ1) is 8.22. The molecule has 0 nitrogen and oxygen atoms in total. The van der Waals surface area contributed by atoms with Gasteiger partial charge < -0.3 is 0 Å². The highest BCUT2D eigenvalue weighted by Crippen LogP contribution is 2.36. The van der Waals surface area contributed by atoms with E-state index in [-0.39, 0.29) is 9.52 Å². The second-order valence-electron chi connectivity index (χ2n) is 5.05. The second-order valence-corrected chi connectivity index (χ2v) is 7.15. The molecule has 0 N–H and O–H groups in total. The smallest absolute Gasteiger partial charge is 0.0667 e. The lowest BCUT2D eigenvalue weighted by molar-refractivity contribution is 0.875. The van der Waals surface area contributed by atoms with Crippen LogP contribution in [0.15, 0.2) is 53.1 Å². The van der Waals surface area contributed by atoms with Gasteiger partial charge in [0.1, 0.15) is 0 Å². The van der Waals surface area contributed by atoms with Crippen LogP contribution >= 0.6 is 0 Å². The molecule has 0 radical (unpaired) electrons. The Hall–Kier alpha value is -1.08. The first kappa shape index (κ1) is 12.4. The van der Waals surface area contributed by atoms with Crippen molar-refractivity contribution in [3.8, 4) is 0 Å². The van der Waals surface area contributed by atoms with Gasteiger partial charge in [-0.3, -0.25) is 0 Å². The lowest BCUT2D eigenvalue weighted by Gasteiger charge is -2.13. The lowest BCUT2D eigenvalue weighted by atomic mass is 10.0. The molecule has 0 heterocycles. The highest BCUT2D eigenvalue weighted by molar-refractivity contribution is 6.56. The summed E-state index contributed by atoms with van der Waals surface area (Å²) < 4.78 is 0. The molecule has 0 bridgehead atoms. The predicted molar refractivity (Wildman–Crippen MR) is 79.7 cm³/mol. The summed E-state index contributed by atoms with van der Waals surface area (Å²) in [4.78, 5) is 0. The Balaban J connectivity index is 2.17. The second kappa shape index (κ2) is 5.50. The standard InChI is InChI=1S/C16H22Si/c1-4-8-15-13(3)12(2)11-16(15)17-14-9-6-5-7-10-14/h5-7,9-11,16H,4,8,17H2,1-3H3. The van der Waals surface area contributed by atoms with Crippen molar-refractivity contribution in [3.05, 3.63) is 53.1 Å². The lowest BCUT2D eigenvalue weighted by Crippen LogP contribution is -2.18. The predicted octanol–water partition coefficient (Wildman–Crippen LogP) is 3.35. The fraction of sp³-hybridized carbons (Fsp3) is 0.375. The molecule has 1 atom stereocenters. The Morgan fingerprint density at radius 2 is 1.82 bits per heavy atom. The van der Waals surface area contributed by atoms with Crippen LogP contribution in [0.25, 0.3) is 0 Å². The van der Waals surface area contributed by atoms with E-state index in [4.69, 9.17) is 0 Å². The molecule has 0 amide bonds. The quantitative estimate of drug-likeness (QED) is 0.710. The largest absolute Gasteiger partial charge is 0.0771 e. The van der Waals surface area contributed by atoms with Crippen molar-refractivity contribution in [1.82, 2.24) is 0 Å². The Morgan fingerprint density at radius 3 is 2.47 bits per heavy atom. The molecular weight excluding hydrogens is 220 g/mol. The molecule has 1 aliphatic carbocycles. The van der Waals surface area contributed by atoms with Gasteiger partial charge >= 0.3 is 0 Å². The maximum Gasteiger partial charge on any atom is 0.0667 e.